The number of pyridine rings is 1. The average molecular weight is 352 g/mol. The molecule has 1 atom stereocenters. The summed E-state index contributed by atoms with van der Waals surface area (Å²) in [5.41, 5.74) is 1.04. The Hall–Kier alpha value is -2.21. The van der Waals surface area contributed by atoms with Gasteiger partial charge in [0.15, 0.2) is 0 Å². The van der Waals surface area contributed by atoms with Crippen molar-refractivity contribution < 1.29 is 0 Å². The van der Waals surface area contributed by atoms with Crippen molar-refractivity contribution in [3.8, 4) is 0 Å². The monoisotopic (exact) mass is 352 g/mol. The summed E-state index contributed by atoms with van der Waals surface area (Å²) in [7, 11) is 0. The van der Waals surface area contributed by atoms with Gasteiger partial charge in [0.05, 0.1) is 0 Å². The number of rotatable bonds is 4. The van der Waals surface area contributed by atoms with Gasteiger partial charge in [-0.3, -0.25) is 4.90 Å². The van der Waals surface area contributed by atoms with Crippen LogP contribution in [0.1, 0.15) is 18.5 Å². The Bertz CT molecular complexity index is 698. The molecule has 0 bridgehead atoms. The van der Waals surface area contributed by atoms with Crippen LogP contribution >= 0.6 is 0 Å². The molecule has 2 aliphatic heterocycles. The lowest BCUT2D eigenvalue weighted by Crippen LogP contribution is -2.50. The summed E-state index contributed by atoms with van der Waals surface area (Å²) in [4.78, 5) is 20.6. The van der Waals surface area contributed by atoms with Crippen molar-refractivity contribution in [3.05, 3.63) is 42.5 Å². The third kappa shape index (κ3) is 4.12. The number of piperidine rings is 1. The highest BCUT2D eigenvalue weighted by molar-refractivity contribution is 5.39. The molecule has 4 rings (SSSR count). The molecule has 6 nitrogen and oxygen atoms in total. The molecule has 2 saturated heterocycles. The van der Waals surface area contributed by atoms with E-state index >= 15 is 0 Å². The first kappa shape index (κ1) is 17.2. The van der Waals surface area contributed by atoms with E-state index in [9.17, 15) is 0 Å². The molecule has 0 aromatic carbocycles. The van der Waals surface area contributed by atoms with E-state index in [4.69, 9.17) is 0 Å². The van der Waals surface area contributed by atoms with Gasteiger partial charge in [-0.05, 0) is 37.8 Å². The molecule has 0 saturated carbocycles. The van der Waals surface area contributed by atoms with Gasteiger partial charge < -0.3 is 9.80 Å². The molecule has 1 unspecified atom stereocenters. The second kappa shape index (κ2) is 7.99. The summed E-state index contributed by atoms with van der Waals surface area (Å²) in [5.74, 6) is 2.91. The molecule has 26 heavy (non-hydrogen) atoms. The molecular formula is C20H28N6. The van der Waals surface area contributed by atoms with Crippen molar-refractivity contribution in [1.82, 2.24) is 19.9 Å². The predicted octanol–water partition coefficient (Wildman–Crippen LogP) is 2.22. The molecule has 0 N–H and O–H groups in total. The second-order valence-electron chi connectivity index (χ2n) is 7.45. The third-order valence-electron chi connectivity index (χ3n) is 5.49. The van der Waals surface area contributed by atoms with Gasteiger partial charge >= 0.3 is 0 Å². The summed E-state index contributed by atoms with van der Waals surface area (Å²) in [6.07, 6.45) is 6.14. The molecule has 2 aliphatic rings. The van der Waals surface area contributed by atoms with E-state index in [1.807, 2.05) is 19.2 Å². The van der Waals surface area contributed by atoms with Crippen molar-refractivity contribution in [2.24, 2.45) is 5.92 Å². The van der Waals surface area contributed by atoms with E-state index in [0.29, 0.717) is 0 Å². The van der Waals surface area contributed by atoms with E-state index in [1.165, 1.54) is 19.4 Å². The van der Waals surface area contributed by atoms with Crippen molar-refractivity contribution in [3.63, 3.8) is 0 Å². The van der Waals surface area contributed by atoms with Gasteiger partial charge in [-0.1, -0.05) is 6.07 Å². The highest BCUT2D eigenvalue weighted by Gasteiger charge is 2.25. The lowest BCUT2D eigenvalue weighted by atomic mass is 9.97. The van der Waals surface area contributed by atoms with Crippen LogP contribution in [0.5, 0.6) is 0 Å². The quantitative estimate of drug-likeness (QED) is 0.841. The smallest absolute Gasteiger partial charge is 0.132 e. The lowest BCUT2D eigenvalue weighted by molar-refractivity contribution is 0.205. The summed E-state index contributed by atoms with van der Waals surface area (Å²) >= 11 is 0. The van der Waals surface area contributed by atoms with E-state index in [-0.39, 0.29) is 0 Å². The number of piperazine rings is 1. The Morgan fingerprint density at radius 3 is 2.62 bits per heavy atom. The zero-order valence-electron chi connectivity index (χ0n) is 15.6. The normalized spacial score (nSPS) is 21.8. The van der Waals surface area contributed by atoms with E-state index < -0.39 is 0 Å². The minimum atomic E-state index is 0.723. The molecule has 0 spiro atoms. The zero-order valence-corrected chi connectivity index (χ0v) is 15.6. The molecular weight excluding hydrogens is 324 g/mol. The molecule has 4 heterocycles. The first-order chi connectivity index (χ1) is 12.8. The van der Waals surface area contributed by atoms with Crippen LogP contribution in [0.4, 0.5) is 11.6 Å². The van der Waals surface area contributed by atoms with E-state index in [0.717, 1.165) is 62.5 Å². The average Bonchev–Trinajstić information content (AvgIpc) is 2.69. The number of nitrogens with zero attached hydrogens (tertiary/aromatic N) is 6. The largest absolute Gasteiger partial charge is 0.356 e. The Morgan fingerprint density at radius 2 is 1.85 bits per heavy atom. The number of anilines is 2. The maximum atomic E-state index is 4.48. The zero-order chi connectivity index (χ0) is 17.8. The van der Waals surface area contributed by atoms with Crippen LogP contribution < -0.4 is 9.80 Å². The van der Waals surface area contributed by atoms with Gasteiger partial charge in [-0.15, -0.1) is 0 Å². The molecule has 138 valence electrons. The number of aryl methyl sites for hydroxylation is 1. The van der Waals surface area contributed by atoms with Crippen LogP contribution in [0.25, 0.3) is 0 Å². The number of aromatic nitrogens is 3. The Kier molecular flexibility index (Phi) is 5.29. The number of hydrogen-bond donors (Lipinski definition) is 0. The van der Waals surface area contributed by atoms with Crippen molar-refractivity contribution in [2.45, 2.75) is 19.8 Å². The maximum Gasteiger partial charge on any atom is 0.132 e. The summed E-state index contributed by atoms with van der Waals surface area (Å²) < 4.78 is 0. The van der Waals surface area contributed by atoms with Crippen molar-refractivity contribution in [1.29, 1.82) is 0 Å². The first-order valence-electron chi connectivity index (χ1n) is 9.70. The van der Waals surface area contributed by atoms with E-state index in [2.05, 4.69) is 47.9 Å². The Labute approximate surface area is 155 Å². The highest BCUT2D eigenvalue weighted by atomic mass is 15.3. The molecule has 6 heteroatoms. The fourth-order valence-corrected chi connectivity index (χ4v) is 4.10. The van der Waals surface area contributed by atoms with Crippen molar-refractivity contribution in [2.75, 3.05) is 55.6 Å². The third-order valence-corrected chi connectivity index (χ3v) is 5.49. The van der Waals surface area contributed by atoms with Gasteiger partial charge in [-0.25, -0.2) is 15.0 Å². The first-order valence-corrected chi connectivity index (χ1v) is 9.70. The molecule has 2 aromatic heterocycles. The van der Waals surface area contributed by atoms with Gasteiger partial charge in [0.2, 0.25) is 0 Å². The fourth-order valence-electron chi connectivity index (χ4n) is 4.10. The van der Waals surface area contributed by atoms with E-state index in [1.54, 1.807) is 6.33 Å². The summed E-state index contributed by atoms with van der Waals surface area (Å²) in [6, 6.07) is 8.26. The fraction of sp³-hybridized carbons (Fsp3) is 0.550. The van der Waals surface area contributed by atoms with Crippen LogP contribution in [0, 0.1) is 12.8 Å². The van der Waals surface area contributed by atoms with Gasteiger partial charge in [0.25, 0.3) is 0 Å². The topological polar surface area (TPSA) is 48.4 Å². The number of hydrogen-bond acceptors (Lipinski definition) is 6. The summed E-state index contributed by atoms with van der Waals surface area (Å²) in [5, 5.41) is 0. The van der Waals surface area contributed by atoms with Crippen LogP contribution in [0.15, 0.2) is 36.8 Å². The van der Waals surface area contributed by atoms with Crippen LogP contribution in [0.3, 0.4) is 0 Å². The van der Waals surface area contributed by atoms with Crippen LogP contribution in [0.2, 0.25) is 0 Å². The molecule has 0 radical (unpaired) electrons. The van der Waals surface area contributed by atoms with Gasteiger partial charge in [0.1, 0.15) is 18.0 Å². The standard InChI is InChI=1S/C20H28N6/c1-17-13-20(23-16-22-17)26-8-4-5-18(15-26)14-24-9-11-25(12-10-24)19-6-2-3-7-21-19/h2-3,6-7,13,16,18H,4-5,8-12,14-15H2,1H3. The second-order valence-corrected chi connectivity index (χ2v) is 7.45. The maximum absolute atomic E-state index is 4.48. The molecule has 2 fully saturated rings. The van der Waals surface area contributed by atoms with Crippen LogP contribution in [-0.4, -0.2) is 65.7 Å². The molecule has 0 amide bonds. The SMILES string of the molecule is Cc1cc(N2CCCC(CN3CCN(c4ccccn4)CC3)C2)ncn1. The molecule has 0 aliphatic carbocycles. The molecule has 2 aromatic rings. The summed E-state index contributed by atoms with van der Waals surface area (Å²) in [6.45, 7) is 9.83. The van der Waals surface area contributed by atoms with Crippen LogP contribution in [-0.2, 0) is 0 Å². The Morgan fingerprint density at radius 1 is 0.962 bits per heavy atom. The minimum absolute atomic E-state index is 0.723. The van der Waals surface area contributed by atoms with Crippen molar-refractivity contribution >= 4 is 11.6 Å². The Balaban J connectivity index is 1.29. The minimum Gasteiger partial charge on any atom is -0.356 e. The predicted molar refractivity (Wildman–Crippen MR) is 105 cm³/mol. The van der Waals surface area contributed by atoms with Gasteiger partial charge in [0, 0.05) is 63.8 Å². The van der Waals surface area contributed by atoms with Gasteiger partial charge in [-0.2, -0.15) is 0 Å². The lowest BCUT2D eigenvalue weighted by Gasteiger charge is -2.40. The highest BCUT2D eigenvalue weighted by Crippen LogP contribution is 2.23.